The molecule has 0 radical (unpaired) electrons. The van der Waals surface area contributed by atoms with Gasteiger partial charge in [0, 0.05) is 11.1 Å². The van der Waals surface area contributed by atoms with Crippen molar-refractivity contribution < 1.29 is 13.9 Å². The summed E-state index contributed by atoms with van der Waals surface area (Å²) in [4.78, 5) is 11.9. The minimum absolute atomic E-state index is 0.237. The lowest BCUT2D eigenvalue weighted by Crippen LogP contribution is -2.32. The van der Waals surface area contributed by atoms with Gasteiger partial charge in [0.25, 0.3) is 0 Å². The lowest BCUT2D eigenvalue weighted by Gasteiger charge is -2.18. The maximum atomic E-state index is 13.0. The van der Waals surface area contributed by atoms with Crippen LogP contribution in [-0.4, -0.2) is 18.6 Å². The van der Waals surface area contributed by atoms with E-state index in [0.717, 1.165) is 12.8 Å². The van der Waals surface area contributed by atoms with Crippen LogP contribution in [0.1, 0.15) is 31.4 Å². The molecule has 18 heavy (non-hydrogen) atoms. The molecule has 5 heteroatoms. The van der Waals surface area contributed by atoms with Crippen molar-refractivity contribution in [3.63, 3.8) is 0 Å². The number of carbonyl (C=O) groups excluding carboxylic acids is 1. The normalized spacial score (nSPS) is 16.4. The van der Waals surface area contributed by atoms with E-state index < -0.39 is 11.9 Å². The number of ether oxygens (including phenoxy) is 1. The molecule has 0 heterocycles. The number of hydrogen-bond acceptors (Lipinski definition) is 3. The summed E-state index contributed by atoms with van der Waals surface area (Å²) in [7, 11) is 0. The predicted molar refractivity (Wildman–Crippen MR) is 66.9 cm³/mol. The smallest absolute Gasteiger partial charge is 0.327 e. The Balaban J connectivity index is 2.23. The van der Waals surface area contributed by atoms with Crippen molar-refractivity contribution in [2.75, 3.05) is 6.61 Å². The number of hydrogen-bond donors (Lipinski definition) is 1. The van der Waals surface area contributed by atoms with E-state index in [-0.39, 0.29) is 11.0 Å². The second kappa shape index (κ2) is 5.67. The average molecular weight is 272 g/mol. The highest BCUT2D eigenvalue weighted by Crippen LogP contribution is 2.29. The molecule has 0 amide bonds. The Morgan fingerprint density at radius 3 is 2.89 bits per heavy atom. The van der Waals surface area contributed by atoms with Crippen LogP contribution in [0.2, 0.25) is 5.02 Å². The molecule has 0 aromatic heterocycles. The van der Waals surface area contributed by atoms with E-state index in [1.807, 2.05) is 0 Å². The van der Waals surface area contributed by atoms with E-state index in [1.165, 1.54) is 18.2 Å². The molecular formula is C13H15ClFNO2. The molecule has 1 atom stereocenters. The molecule has 98 valence electrons. The first-order chi connectivity index (χ1) is 8.61. The molecule has 1 unspecified atom stereocenters. The molecule has 0 saturated heterocycles. The summed E-state index contributed by atoms with van der Waals surface area (Å²) >= 11 is 5.98. The third-order valence-corrected chi connectivity index (χ3v) is 3.10. The van der Waals surface area contributed by atoms with Gasteiger partial charge in [-0.1, -0.05) is 17.7 Å². The fourth-order valence-corrected chi connectivity index (χ4v) is 2.01. The van der Waals surface area contributed by atoms with Crippen molar-refractivity contribution in [2.45, 2.75) is 31.8 Å². The van der Waals surface area contributed by atoms with E-state index in [2.05, 4.69) is 5.32 Å². The molecule has 1 aliphatic rings. The highest BCUT2D eigenvalue weighted by molar-refractivity contribution is 6.31. The van der Waals surface area contributed by atoms with Crippen molar-refractivity contribution in [1.82, 2.24) is 5.32 Å². The Morgan fingerprint density at radius 2 is 2.33 bits per heavy atom. The lowest BCUT2D eigenvalue weighted by atomic mass is 10.1. The second-order valence-corrected chi connectivity index (χ2v) is 4.70. The molecule has 3 nitrogen and oxygen atoms in total. The summed E-state index contributed by atoms with van der Waals surface area (Å²) in [6.07, 6.45) is 2.07. The quantitative estimate of drug-likeness (QED) is 0.837. The van der Waals surface area contributed by atoms with Gasteiger partial charge in [0.2, 0.25) is 0 Å². The fraction of sp³-hybridized carbons (Fsp3) is 0.462. The van der Waals surface area contributed by atoms with Crippen LogP contribution in [0.3, 0.4) is 0 Å². The van der Waals surface area contributed by atoms with Gasteiger partial charge >= 0.3 is 5.97 Å². The monoisotopic (exact) mass is 271 g/mol. The SMILES string of the molecule is CCOC(=O)C(NC1CC1)c1ccc(F)cc1Cl. The third-order valence-electron chi connectivity index (χ3n) is 2.78. The van der Waals surface area contributed by atoms with Gasteiger partial charge in [-0.3, -0.25) is 5.32 Å². The van der Waals surface area contributed by atoms with Gasteiger partial charge in [0.1, 0.15) is 11.9 Å². The molecule has 1 aromatic rings. The first kappa shape index (κ1) is 13.3. The largest absolute Gasteiger partial charge is 0.465 e. The van der Waals surface area contributed by atoms with E-state index in [0.29, 0.717) is 18.2 Å². The number of carbonyl (C=O) groups is 1. The third kappa shape index (κ3) is 3.21. The molecule has 1 saturated carbocycles. The van der Waals surface area contributed by atoms with Gasteiger partial charge in [0.05, 0.1) is 6.61 Å². The molecule has 0 bridgehead atoms. The first-order valence-electron chi connectivity index (χ1n) is 5.99. The molecule has 1 aliphatic carbocycles. The number of halogens is 2. The van der Waals surface area contributed by atoms with Gasteiger partial charge in [-0.2, -0.15) is 0 Å². The van der Waals surface area contributed by atoms with E-state index in [4.69, 9.17) is 16.3 Å². The molecule has 1 fully saturated rings. The summed E-state index contributed by atoms with van der Waals surface area (Å²) in [5, 5.41) is 3.41. The number of esters is 1. The minimum atomic E-state index is -0.620. The van der Waals surface area contributed by atoms with Crippen LogP contribution in [0.4, 0.5) is 4.39 Å². The van der Waals surface area contributed by atoms with Crippen LogP contribution >= 0.6 is 11.6 Å². The molecule has 2 rings (SSSR count). The zero-order valence-corrected chi connectivity index (χ0v) is 10.8. The molecule has 0 spiro atoms. The number of rotatable bonds is 5. The Labute approximate surface area is 110 Å². The number of nitrogens with one attached hydrogen (secondary N) is 1. The fourth-order valence-electron chi connectivity index (χ4n) is 1.73. The van der Waals surface area contributed by atoms with Crippen molar-refractivity contribution in [1.29, 1.82) is 0 Å². The first-order valence-corrected chi connectivity index (χ1v) is 6.37. The summed E-state index contributed by atoms with van der Waals surface area (Å²) < 4.78 is 18.0. The van der Waals surface area contributed by atoms with E-state index in [1.54, 1.807) is 6.92 Å². The van der Waals surface area contributed by atoms with Crippen LogP contribution in [-0.2, 0) is 9.53 Å². The zero-order valence-electron chi connectivity index (χ0n) is 10.1. The Hall–Kier alpha value is -1.13. The highest BCUT2D eigenvalue weighted by atomic mass is 35.5. The van der Waals surface area contributed by atoms with Crippen LogP contribution in [0.15, 0.2) is 18.2 Å². The Kier molecular flexibility index (Phi) is 4.19. The highest BCUT2D eigenvalue weighted by Gasteiger charge is 2.31. The van der Waals surface area contributed by atoms with Crippen molar-refractivity contribution >= 4 is 17.6 Å². The van der Waals surface area contributed by atoms with Crippen LogP contribution in [0.5, 0.6) is 0 Å². The summed E-state index contributed by atoms with van der Waals surface area (Å²) in [5.41, 5.74) is 0.559. The van der Waals surface area contributed by atoms with Crippen molar-refractivity contribution in [3.05, 3.63) is 34.6 Å². The predicted octanol–water partition coefficient (Wildman–Crippen LogP) is 2.84. The van der Waals surface area contributed by atoms with Crippen molar-refractivity contribution in [3.8, 4) is 0 Å². The zero-order chi connectivity index (χ0) is 13.1. The maximum Gasteiger partial charge on any atom is 0.327 e. The van der Waals surface area contributed by atoms with Crippen LogP contribution in [0.25, 0.3) is 0 Å². The lowest BCUT2D eigenvalue weighted by molar-refractivity contribution is -0.145. The van der Waals surface area contributed by atoms with Gasteiger partial charge in [-0.15, -0.1) is 0 Å². The van der Waals surface area contributed by atoms with Gasteiger partial charge < -0.3 is 4.74 Å². The van der Waals surface area contributed by atoms with Crippen LogP contribution < -0.4 is 5.32 Å². The Bertz CT molecular complexity index is 449. The summed E-state index contributed by atoms with van der Waals surface area (Å²) in [6.45, 7) is 2.05. The summed E-state index contributed by atoms with van der Waals surface area (Å²) in [6, 6.07) is 3.72. The van der Waals surface area contributed by atoms with Crippen LogP contribution in [0, 0.1) is 5.82 Å². The van der Waals surface area contributed by atoms with E-state index in [9.17, 15) is 9.18 Å². The topological polar surface area (TPSA) is 38.3 Å². The van der Waals surface area contributed by atoms with Gasteiger partial charge in [-0.05, 0) is 37.5 Å². The summed E-state index contributed by atoms with van der Waals surface area (Å²) in [5.74, 6) is -0.796. The van der Waals surface area contributed by atoms with E-state index >= 15 is 0 Å². The Morgan fingerprint density at radius 1 is 1.61 bits per heavy atom. The maximum absolute atomic E-state index is 13.0. The second-order valence-electron chi connectivity index (χ2n) is 4.29. The molecule has 0 aliphatic heterocycles. The molecule has 1 N–H and O–H groups in total. The molecule has 1 aromatic carbocycles. The number of benzene rings is 1. The van der Waals surface area contributed by atoms with Gasteiger partial charge in [0.15, 0.2) is 0 Å². The minimum Gasteiger partial charge on any atom is -0.465 e. The average Bonchev–Trinajstić information content (AvgIpc) is 3.11. The van der Waals surface area contributed by atoms with Crippen molar-refractivity contribution in [2.24, 2.45) is 0 Å². The molecular weight excluding hydrogens is 257 g/mol. The van der Waals surface area contributed by atoms with Gasteiger partial charge in [-0.25, -0.2) is 9.18 Å². The standard InChI is InChI=1S/C13H15ClFNO2/c1-2-18-13(17)12(16-9-4-5-9)10-6-3-8(15)7-11(10)14/h3,6-7,9,12,16H,2,4-5H2,1H3.